The molecular formula is C17H19NO. The van der Waals surface area contributed by atoms with Crippen molar-refractivity contribution in [3.05, 3.63) is 59.7 Å². The van der Waals surface area contributed by atoms with Crippen LogP contribution < -0.4 is 4.90 Å². The van der Waals surface area contributed by atoms with Gasteiger partial charge in [-0.3, -0.25) is 0 Å². The fraction of sp³-hybridized carbons (Fsp3) is 0.294. The van der Waals surface area contributed by atoms with Gasteiger partial charge in [0.25, 0.3) is 0 Å². The molecule has 0 aromatic heterocycles. The smallest absolute Gasteiger partial charge is 0.0702 e. The highest BCUT2D eigenvalue weighted by Crippen LogP contribution is 2.34. The number of para-hydroxylation sites is 2. The Labute approximate surface area is 114 Å². The van der Waals surface area contributed by atoms with Crippen molar-refractivity contribution in [2.45, 2.75) is 25.9 Å². The molecule has 0 spiro atoms. The van der Waals surface area contributed by atoms with Crippen molar-refractivity contribution in [1.29, 1.82) is 0 Å². The molecule has 2 aromatic rings. The Morgan fingerprint density at radius 1 is 0.895 bits per heavy atom. The summed E-state index contributed by atoms with van der Waals surface area (Å²) in [7, 11) is 0. The molecule has 1 aliphatic rings. The van der Waals surface area contributed by atoms with Crippen molar-refractivity contribution in [3.63, 3.8) is 0 Å². The van der Waals surface area contributed by atoms with E-state index in [2.05, 4.69) is 35.2 Å². The summed E-state index contributed by atoms with van der Waals surface area (Å²) in [6.07, 6.45) is 3.57. The quantitative estimate of drug-likeness (QED) is 0.883. The molecule has 98 valence electrons. The van der Waals surface area contributed by atoms with Crippen LogP contribution in [0.3, 0.4) is 0 Å². The van der Waals surface area contributed by atoms with Gasteiger partial charge in [-0.15, -0.1) is 0 Å². The van der Waals surface area contributed by atoms with Crippen molar-refractivity contribution in [2.24, 2.45) is 0 Å². The fourth-order valence-corrected chi connectivity index (χ4v) is 2.85. The molecule has 0 unspecified atom stereocenters. The van der Waals surface area contributed by atoms with E-state index >= 15 is 0 Å². The maximum Gasteiger partial charge on any atom is 0.0702 e. The van der Waals surface area contributed by atoms with Crippen LogP contribution in [-0.4, -0.2) is 11.7 Å². The zero-order valence-corrected chi connectivity index (χ0v) is 11.0. The first-order valence-corrected chi connectivity index (χ1v) is 6.94. The Hall–Kier alpha value is -1.80. The molecule has 2 heteroatoms. The topological polar surface area (TPSA) is 23.5 Å². The minimum atomic E-state index is 0.0921. The molecule has 0 amide bonds. The Morgan fingerprint density at radius 2 is 1.63 bits per heavy atom. The van der Waals surface area contributed by atoms with E-state index in [1.807, 2.05) is 18.2 Å². The third-order valence-electron chi connectivity index (χ3n) is 3.81. The SMILES string of the molecule is OCc1ccccc1N1CCCCc2ccccc21. The van der Waals surface area contributed by atoms with Crippen molar-refractivity contribution in [1.82, 2.24) is 0 Å². The molecule has 1 aliphatic heterocycles. The van der Waals surface area contributed by atoms with Crippen molar-refractivity contribution in [2.75, 3.05) is 11.4 Å². The van der Waals surface area contributed by atoms with E-state index in [-0.39, 0.29) is 6.61 Å². The highest BCUT2D eigenvalue weighted by atomic mass is 16.3. The molecule has 1 heterocycles. The van der Waals surface area contributed by atoms with Gasteiger partial charge in [0.15, 0.2) is 0 Å². The zero-order valence-electron chi connectivity index (χ0n) is 11.0. The summed E-state index contributed by atoms with van der Waals surface area (Å²) in [6.45, 7) is 1.11. The van der Waals surface area contributed by atoms with E-state index in [4.69, 9.17) is 0 Å². The summed E-state index contributed by atoms with van der Waals surface area (Å²) >= 11 is 0. The number of fused-ring (bicyclic) bond motifs is 1. The molecule has 1 N–H and O–H groups in total. The first-order chi connectivity index (χ1) is 9.40. The van der Waals surface area contributed by atoms with Crippen molar-refractivity contribution >= 4 is 11.4 Å². The van der Waals surface area contributed by atoms with Crippen LogP contribution in [0.5, 0.6) is 0 Å². The molecule has 0 saturated heterocycles. The Balaban J connectivity index is 2.09. The monoisotopic (exact) mass is 253 g/mol. The molecule has 0 radical (unpaired) electrons. The lowest BCUT2D eigenvalue weighted by molar-refractivity contribution is 0.282. The predicted octanol–water partition coefficient (Wildman–Crippen LogP) is 3.65. The second-order valence-electron chi connectivity index (χ2n) is 5.02. The van der Waals surface area contributed by atoms with Gasteiger partial charge in [-0.2, -0.15) is 0 Å². The van der Waals surface area contributed by atoms with Crippen LogP contribution >= 0.6 is 0 Å². The standard InChI is InChI=1S/C17H19NO/c19-13-15-9-2-4-11-17(15)18-12-6-5-8-14-7-1-3-10-16(14)18/h1-4,7,9-11,19H,5-6,8,12-13H2. The number of benzene rings is 2. The van der Waals surface area contributed by atoms with Gasteiger partial charge in [-0.1, -0.05) is 36.4 Å². The highest BCUT2D eigenvalue weighted by molar-refractivity contribution is 5.69. The van der Waals surface area contributed by atoms with Crippen molar-refractivity contribution < 1.29 is 5.11 Å². The van der Waals surface area contributed by atoms with Crippen LogP contribution in [0.4, 0.5) is 11.4 Å². The largest absolute Gasteiger partial charge is 0.392 e. The first-order valence-electron chi connectivity index (χ1n) is 6.94. The minimum Gasteiger partial charge on any atom is -0.392 e. The summed E-state index contributed by atoms with van der Waals surface area (Å²) in [5.74, 6) is 0. The number of aliphatic hydroxyl groups excluding tert-OH is 1. The molecule has 0 fully saturated rings. The number of aliphatic hydroxyl groups is 1. The number of anilines is 2. The van der Waals surface area contributed by atoms with E-state index in [9.17, 15) is 5.11 Å². The van der Waals surface area contributed by atoms with Crippen molar-refractivity contribution in [3.8, 4) is 0 Å². The molecule has 3 rings (SSSR count). The number of hydrogen-bond acceptors (Lipinski definition) is 2. The highest BCUT2D eigenvalue weighted by Gasteiger charge is 2.17. The lowest BCUT2D eigenvalue weighted by atomic mass is 10.1. The van der Waals surface area contributed by atoms with E-state index < -0.39 is 0 Å². The number of rotatable bonds is 2. The molecular weight excluding hydrogens is 234 g/mol. The van der Waals surface area contributed by atoms with Gasteiger partial charge in [0.1, 0.15) is 0 Å². The van der Waals surface area contributed by atoms with Gasteiger partial charge in [-0.25, -0.2) is 0 Å². The molecule has 2 nitrogen and oxygen atoms in total. The molecule has 19 heavy (non-hydrogen) atoms. The van der Waals surface area contributed by atoms with Gasteiger partial charge in [0, 0.05) is 23.5 Å². The maximum atomic E-state index is 9.54. The van der Waals surface area contributed by atoms with E-state index in [0.29, 0.717) is 0 Å². The molecule has 0 saturated carbocycles. The van der Waals surface area contributed by atoms with Crippen LogP contribution in [0.15, 0.2) is 48.5 Å². The Bertz CT molecular complexity index is 565. The average molecular weight is 253 g/mol. The third-order valence-corrected chi connectivity index (χ3v) is 3.81. The normalized spacial score (nSPS) is 14.9. The zero-order chi connectivity index (χ0) is 13.1. The van der Waals surface area contributed by atoms with Gasteiger partial charge in [0.2, 0.25) is 0 Å². The molecule has 0 bridgehead atoms. The second kappa shape index (κ2) is 5.45. The van der Waals surface area contributed by atoms with E-state index in [1.165, 1.54) is 24.1 Å². The summed E-state index contributed by atoms with van der Waals surface area (Å²) in [4.78, 5) is 2.36. The Kier molecular flexibility index (Phi) is 3.51. The van der Waals surface area contributed by atoms with Crippen LogP contribution in [0, 0.1) is 0 Å². The summed E-state index contributed by atoms with van der Waals surface area (Å²) < 4.78 is 0. The molecule has 2 aromatic carbocycles. The number of aryl methyl sites for hydroxylation is 1. The van der Waals surface area contributed by atoms with Crippen LogP contribution in [0.25, 0.3) is 0 Å². The Morgan fingerprint density at radius 3 is 2.47 bits per heavy atom. The first kappa shape index (κ1) is 12.2. The van der Waals surface area contributed by atoms with Crippen LogP contribution in [-0.2, 0) is 13.0 Å². The molecule has 0 atom stereocenters. The fourth-order valence-electron chi connectivity index (χ4n) is 2.85. The maximum absolute atomic E-state index is 9.54. The third kappa shape index (κ3) is 2.36. The predicted molar refractivity (Wildman–Crippen MR) is 78.8 cm³/mol. The van der Waals surface area contributed by atoms with Crippen LogP contribution in [0.1, 0.15) is 24.0 Å². The molecule has 0 aliphatic carbocycles. The van der Waals surface area contributed by atoms with Gasteiger partial charge < -0.3 is 10.0 Å². The second-order valence-corrected chi connectivity index (χ2v) is 5.02. The van der Waals surface area contributed by atoms with Gasteiger partial charge >= 0.3 is 0 Å². The number of nitrogens with zero attached hydrogens (tertiary/aromatic N) is 1. The summed E-state index contributed by atoms with van der Waals surface area (Å²) in [5.41, 5.74) is 4.84. The lowest BCUT2D eigenvalue weighted by Gasteiger charge is -2.27. The van der Waals surface area contributed by atoms with Crippen LogP contribution in [0.2, 0.25) is 0 Å². The average Bonchev–Trinajstić information content (AvgIpc) is 2.69. The van der Waals surface area contributed by atoms with Gasteiger partial charge in [0.05, 0.1) is 6.61 Å². The summed E-state index contributed by atoms with van der Waals surface area (Å²) in [5, 5.41) is 9.54. The van der Waals surface area contributed by atoms with Gasteiger partial charge in [-0.05, 0) is 37.0 Å². The lowest BCUT2D eigenvalue weighted by Crippen LogP contribution is -2.19. The van der Waals surface area contributed by atoms with E-state index in [1.54, 1.807) is 0 Å². The number of hydrogen-bond donors (Lipinski definition) is 1. The minimum absolute atomic E-state index is 0.0921. The van der Waals surface area contributed by atoms with E-state index in [0.717, 1.165) is 24.2 Å². The summed E-state index contributed by atoms with van der Waals surface area (Å²) in [6, 6.07) is 16.8.